The zero-order valence-electron chi connectivity index (χ0n) is 12.8. The third-order valence-corrected chi connectivity index (χ3v) is 3.93. The molecule has 2 N–H and O–H groups in total. The lowest BCUT2D eigenvalue weighted by Gasteiger charge is -2.20. The zero-order chi connectivity index (χ0) is 14.5. The van der Waals surface area contributed by atoms with Crippen LogP contribution in [0.4, 0.5) is 0 Å². The molecule has 1 atom stereocenters. The Morgan fingerprint density at radius 3 is 2.55 bits per heavy atom. The molecule has 2 rings (SSSR count). The Hall–Kier alpha value is -1.39. The lowest BCUT2D eigenvalue weighted by Crippen LogP contribution is -2.29. The second-order valence-electron chi connectivity index (χ2n) is 5.26. The first kappa shape index (κ1) is 15.0. The predicted octanol–water partition coefficient (Wildman–Crippen LogP) is 2.62. The maximum Gasteiger partial charge on any atom is 0.124 e. The van der Waals surface area contributed by atoms with Gasteiger partial charge in [-0.05, 0) is 31.6 Å². The van der Waals surface area contributed by atoms with Crippen LogP contribution in [-0.2, 0) is 13.1 Å². The van der Waals surface area contributed by atoms with E-state index in [1.165, 1.54) is 5.52 Å². The van der Waals surface area contributed by atoms with Gasteiger partial charge in [0.2, 0.25) is 0 Å². The summed E-state index contributed by atoms with van der Waals surface area (Å²) in [5.74, 6) is 1.12. The molecule has 2 aromatic rings. The fourth-order valence-corrected chi connectivity index (χ4v) is 2.46. The monoisotopic (exact) mass is 274 g/mol. The van der Waals surface area contributed by atoms with Gasteiger partial charge in [-0.2, -0.15) is 0 Å². The van der Waals surface area contributed by atoms with Gasteiger partial charge in [-0.25, -0.2) is 4.98 Å². The van der Waals surface area contributed by atoms with Crippen molar-refractivity contribution in [3.63, 3.8) is 0 Å². The molecule has 0 aliphatic heterocycles. The highest BCUT2D eigenvalue weighted by Crippen LogP contribution is 2.18. The summed E-state index contributed by atoms with van der Waals surface area (Å²) in [6.45, 7) is 10.3. The molecule has 1 heterocycles. The first-order chi connectivity index (χ1) is 9.69. The Kier molecular flexibility index (Phi) is 5.15. The molecule has 4 nitrogen and oxygen atoms in total. The van der Waals surface area contributed by atoms with Crippen LogP contribution in [0.5, 0.6) is 0 Å². The summed E-state index contributed by atoms with van der Waals surface area (Å²) in [5.41, 5.74) is 8.42. The summed E-state index contributed by atoms with van der Waals surface area (Å²) in [6, 6.07) is 8.51. The summed E-state index contributed by atoms with van der Waals surface area (Å²) in [5, 5.41) is 0. The molecule has 0 amide bonds. The quantitative estimate of drug-likeness (QED) is 0.844. The number of hydrogen-bond donors (Lipinski definition) is 1. The standard InChI is InChI=1S/C16H26N4/c1-4-13(17)11-20-15-10-8-7-9-14(15)18-16(20)12-19(5-2)6-3/h7-10,13H,4-6,11-12,17H2,1-3H3. The number of nitrogens with two attached hydrogens (primary N) is 1. The molecule has 1 unspecified atom stereocenters. The van der Waals surface area contributed by atoms with Crippen LogP contribution in [-0.4, -0.2) is 33.6 Å². The molecule has 1 aromatic heterocycles. The molecule has 0 aliphatic carbocycles. The third-order valence-electron chi connectivity index (χ3n) is 3.93. The van der Waals surface area contributed by atoms with E-state index in [1.54, 1.807) is 0 Å². The largest absolute Gasteiger partial charge is 0.326 e. The summed E-state index contributed by atoms with van der Waals surface area (Å²) in [6.07, 6.45) is 0.983. The van der Waals surface area contributed by atoms with Crippen LogP contribution in [0.3, 0.4) is 0 Å². The van der Waals surface area contributed by atoms with E-state index < -0.39 is 0 Å². The maximum absolute atomic E-state index is 6.16. The topological polar surface area (TPSA) is 47.1 Å². The average molecular weight is 274 g/mol. The molecule has 0 saturated carbocycles. The van der Waals surface area contributed by atoms with Crippen molar-refractivity contribution in [2.45, 2.75) is 46.3 Å². The number of rotatable bonds is 7. The van der Waals surface area contributed by atoms with Crippen LogP contribution in [0.15, 0.2) is 24.3 Å². The van der Waals surface area contributed by atoms with Gasteiger partial charge in [0.15, 0.2) is 0 Å². The van der Waals surface area contributed by atoms with Crippen molar-refractivity contribution in [2.75, 3.05) is 13.1 Å². The van der Waals surface area contributed by atoms with Gasteiger partial charge in [-0.3, -0.25) is 4.90 Å². The van der Waals surface area contributed by atoms with E-state index in [0.29, 0.717) is 0 Å². The number of benzene rings is 1. The van der Waals surface area contributed by atoms with E-state index >= 15 is 0 Å². The Morgan fingerprint density at radius 1 is 1.20 bits per heavy atom. The summed E-state index contributed by atoms with van der Waals surface area (Å²) in [4.78, 5) is 7.19. The van der Waals surface area contributed by atoms with E-state index in [2.05, 4.69) is 48.4 Å². The highest BCUT2D eigenvalue weighted by Gasteiger charge is 2.14. The van der Waals surface area contributed by atoms with E-state index in [1.807, 2.05) is 6.07 Å². The van der Waals surface area contributed by atoms with Crippen LogP contribution >= 0.6 is 0 Å². The highest BCUT2D eigenvalue weighted by molar-refractivity contribution is 5.75. The van der Waals surface area contributed by atoms with Gasteiger partial charge in [0.05, 0.1) is 17.6 Å². The van der Waals surface area contributed by atoms with Crippen LogP contribution in [0.25, 0.3) is 11.0 Å². The average Bonchev–Trinajstić information content (AvgIpc) is 2.82. The minimum Gasteiger partial charge on any atom is -0.326 e. The molecule has 0 saturated heterocycles. The van der Waals surface area contributed by atoms with Gasteiger partial charge in [0, 0.05) is 12.6 Å². The minimum atomic E-state index is 0.183. The van der Waals surface area contributed by atoms with Crippen LogP contribution in [0, 0.1) is 0 Å². The van der Waals surface area contributed by atoms with E-state index in [-0.39, 0.29) is 6.04 Å². The van der Waals surface area contributed by atoms with Crippen molar-refractivity contribution in [1.29, 1.82) is 0 Å². The molecule has 110 valence electrons. The number of nitrogens with zero attached hydrogens (tertiary/aromatic N) is 3. The molecule has 0 fully saturated rings. The molecular formula is C16H26N4. The Labute approximate surface area is 121 Å². The smallest absolute Gasteiger partial charge is 0.124 e. The van der Waals surface area contributed by atoms with Crippen molar-refractivity contribution < 1.29 is 0 Å². The lowest BCUT2D eigenvalue weighted by molar-refractivity contribution is 0.283. The molecular weight excluding hydrogens is 248 g/mol. The normalized spacial score (nSPS) is 13.2. The Balaban J connectivity index is 2.38. The van der Waals surface area contributed by atoms with Gasteiger partial charge < -0.3 is 10.3 Å². The van der Waals surface area contributed by atoms with E-state index in [4.69, 9.17) is 10.7 Å². The zero-order valence-corrected chi connectivity index (χ0v) is 12.8. The molecule has 0 bridgehead atoms. The second kappa shape index (κ2) is 6.86. The molecule has 0 radical (unpaired) electrons. The second-order valence-corrected chi connectivity index (χ2v) is 5.26. The molecule has 0 spiro atoms. The van der Waals surface area contributed by atoms with Crippen molar-refractivity contribution >= 4 is 11.0 Å². The summed E-state index contributed by atoms with van der Waals surface area (Å²) in [7, 11) is 0. The molecule has 0 aliphatic rings. The van der Waals surface area contributed by atoms with Crippen LogP contribution < -0.4 is 5.73 Å². The number of hydrogen-bond acceptors (Lipinski definition) is 3. The van der Waals surface area contributed by atoms with Crippen molar-refractivity contribution in [1.82, 2.24) is 14.5 Å². The lowest BCUT2D eigenvalue weighted by atomic mass is 10.2. The molecule has 4 heteroatoms. The summed E-state index contributed by atoms with van der Waals surface area (Å²) >= 11 is 0. The van der Waals surface area contributed by atoms with Crippen molar-refractivity contribution in [2.24, 2.45) is 5.73 Å². The number of fused-ring (bicyclic) bond motifs is 1. The number of para-hydroxylation sites is 2. The third kappa shape index (κ3) is 3.19. The first-order valence-electron chi connectivity index (χ1n) is 7.61. The van der Waals surface area contributed by atoms with E-state index in [0.717, 1.165) is 43.9 Å². The first-order valence-corrected chi connectivity index (χ1v) is 7.61. The molecule has 1 aromatic carbocycles. The van der Waals surface area contributed by atoms with E-state index in [9.17, 15) is 0 Å². The van der Waals surface area contributed by atoms with Crippen molar-refractivity contribution in [3.05, 3.63) is 30.1 Å². The number of imidazole rings is 1. The van der Waals surface area contributed by atoms with Crippen LogP contribution in [0.1, 0.15) is 33.0 Å². The molecule has 20 heavy (non-hydrogen) atoms. The number of aromatic nitrogens is 2. The SMILES string of the molecule is CCC(N)Cn1c(CN(CC)CC)nc2ccccc21. The van der Waals surface area contributed by atoms with Crippen molar-refractivity contribution in [3.8, 4) is 0 Å². The Morgan fingerprint density at radius 2 is 1.90 bits per heavy atom. The fourth-order valence-electron chi connectivity index (χ4n) is 2.46. The van der Waals surface area contributed by atoms with Crippen LogP contribution in [0.2, 0.25) is 0 Å². The maximum atomic E-state index is 6.16. The van der Waals surface area contributed by atoms with Gasteiger partial charge >= 0.3 is 0 Å². The Bertz CT molecular complexity index is 542. The minimum absolute atomic E-state index is 0.183. The van der Waals surface area contributed by atoms with Gasteiger partial charge in [0.1, 0.15) is 5.82 Å². The summed E-state index contributed by atoms with van der Waals surface area (Å²) < 4.78 is 2.29. The predicted molar refractivity (Wildman–Crippen MR) is 84.6 cm³/mol. The highest BCUT2D eigenvalue weighted by atomic mass is 15.2. The fraction of sp³-hybridized carbons (Fsp3) is 0.562. The van der Waals surface area contributed by atoms with Gasteiger partial charge in [-0.15, -0.1) is 0 Å². The van der Waals surface area contributed by atoms with Gasteiger partial charge in [0.25, 0.3) is 0 Å². The van der Waals surface area contributed by atoms with Gasteiger partial charge in [-0.1, -0.05) is 32.9 Å².